The maximum Gasteiger partial charge on any atom is 0.374 e. The fourth-order valence-electron chi connectivity index (χ4n) is 0.953. The lowest BCUT2D eigenvalue weighted by Crippen LogP contribution is -2.06. The fraction of sp³-hybridized carbons (Fsp3) is 0.143. The highest BCUT2D eigenvalue weighted by atomic mass is 127. The molecule has 0 aliphatic heterocycles. The van der Waals surface area contributed by atoms with Gasteiger partial charge in [-0.1, -0.05) is 0 Å². The van der Waals surface area contributed by atoms with Crippen LogP contribution in [-0.2, 0) is 0 Å². The van der Waals surface area contributed by atoms with Gasteiger partial charge in [0.1, 0.15) is 5.56 Å². The van der Waals surface area contributed by atoms with Crippen molar-refractivity contribution in [2.75, 3.05) is 0 Å². The van der Waals surface area contributed by atoms with Crippen molar-refractivity contribution in [3.63, 3.8) is 0 Å². The molecule has 5 nitrogen and oxygen atoms in total. The molecule has 0 N–H and O–H groups in total. The van der Waals surface area contributed by atoms with Gasteiger partial charge in [-0.25, -0.2) is 8.78 Å². The summed E-state index contributed by atoms with van der Waals surface area (Å²) in [6, 6.07) is 0.977. The molecule has 0 saturated carbocycles. The Hall–Kier alpha value is -0.900. The van der Waals surface area contributed by atoms with E-state index in [0.717, 1.165) is 6.07 Å². The second kappa shape index (κ2) is 4.95. The van der Waals surface area contributed by atoms with Crippen molar-refractivity contribution in [1.82, 2.24) is 4.98 Å². The van der Waals surface area contributed by atoms with Gasteiger partial charge >= 0.3 is 5.82 Å². The summed E-state index contributed by atoms with van der Waals surface area (Å²) >= 11 is 6.53. The van der Waals surface area contributed by atoms with Gasteiger partial charge in [-0.15, -0.1) is 0 Å². The molecular formula is C7H2ClF2IN2O3. The number of rotatable bonds is 3. The molecule has 0 amide bonds. The molecule has 9 heteroatoms. The number of hydrogen-bond acceptors (Lipinski definition) is 4. The third-order valence-electron chi connectivity index (χ3n) is 1.58. The summed E-state index contributed by atoms with van der Waals surface area (Å²) < 4.78 is 24.9. The zero-order valence-electron chi connectivity index (χ0n) is 7.29. The van der Waals surface area contributed by atoms with E-state index in [1.165, 1.54) is 22.6 Å². The number of carbonyl (C=O) groups is 1. The van der Waals surface area contributed by atoms with Crippen LogP contribution in [0.5, 0.6) is 0 Å². The smallest absolute Gasteiger partial charge is 0.358 e. The minimum Gasteiger partial charge on any atom is -0.358 e. The highest BCUT2D eigenvalue weighted by Crippen LogP contribution is 2.32. The zero-order chi connectivity index (χ0) is 12.5. The fourth-order valence-corrected chi connectivity index (χ4v) is 1.82. The molecule has 1 rings (SSSR count). The third kappa shape index (κ3) is 2.61. The predicted octanol–water partition coefficient (Wildman–Crippen LogP) is 2.91. The SMILES string of the molecule is O=C(Cl)c1cc(I)c(C(F)F)c([N+](=O)[O-])n1. The molecule has 16 heavy (non-hydrogen) atoms. The Bertz CT molecular complexity index is 469. The van der Waals surface area contributed by atoms with Crippen LogP contribution in [0.2, 0.25) is 0 Å². The van der Waals surface area contributed by atoms with Crippen molar-refractivity contribution in [2.24, 2.45) is 0 Å². The third-order valence-corrected chi connectivity index (χ3v) is 2.67. The monoisotopic (exact) mass is 362 g/mol. The van der Waals surface area contributed by atoms with E-state index in [9.17, 15) is 23.7 Å². The Labute approximate surface area is 106 Å². The van der Waals surface area contributed by atoms with Crippen LogP contribution in [0.25, 0.3) is 0 Å². The second-order valence-electron chi connectivity index (χ2n) is 2.56. The number of nitro groups is 1. The number of aromatic nitrogens is 1. The van der Waals surface area contributed by atoms with Crippen LogP contribution < -0.4 is 0 Å². The topological polar surface area (TPSA) is 73.1 Å². The van der Waals surface area contributed by atoms with Crippen LogP contribution in [0, 0.1) is 13.7 Å². The highest BCUT2D eigenvalue weighted by molar-refractivity contribution is 14.1. The Morgan fingerprint density at radius 2 is 2.19 bits per heavy atom. The van der Waals surface area contributed by atoms with Crippen molar-refractivity contribution < 1.29 is 18.5 Å². The minimum absolute atomic E-state index is 0.127. The van der Waals surface area contributed by atoms with Gasteiger partial charge in [-0.05, 0) is 44.1 Å². The largest absolute Gasteiger partial charge is 0.374 e. The standard InChI is InChI=1S/C7H2ClF2IN2O3/c8-5(14)3-1-2(11)4(6(9)10)7(12-3)13(15)16/h1,6H. The van der Waals surface area contributed by atoms with E-state index in [1.807, 2.05) is 0 Å². The number of halogens is 4. The van der Waals surface area contributed by atoms with E-state index in [0.29, 0.717) is 0 Å². The van der Waals surface area contributed by atoms with Crippen molar-refractivity contribution in [1.29, 1.82) is 0 Å². The summed E-state index contributed by atoms with van der Waals surface area (Å²) in [5.74, 6) is -1.05. The first-order valence-electron chi connectivity index (χ1n) is 3.67. The van der Waals surface area contributed by atoms with Crippen LogP contribution in [0.15, 0.2) is 6.07 Å². The molecule has 1 heterocycles. The molecule has 0 saturated heterocycles. The van der Waals surface area contributed by atoms with Gasteiger partial charge in [0.2, 0.25) is 5.69 Å². The average Bonchev–Trinajstić information content (AvgIpc) is 2.15. The molecule has 1 aromatic heterocycles. The Kier molecular flexibility index (Phi) is 4.08. The zero-order valence-corrected chi connectivity index (χ0v) is 10.2. The quantitative estimate of drug-likeness (QED) is 0.359. The molecular weight excluding hydrogens is 360 g/mol. The summed E-state index contributed by atoms with van der Waals surface area (Å²) in [5.41, 5.74) is -1.24. The molecule has 0 atom stereocenters. The van der Waals surface area contributed by atoms with Gasteiger partial charge in [0.05, 0.1) is 0 Å². The first-order valence-corrected chi connectivity index (χ1v) is 5.13. The van der Waals surface area contributed by atoms with E-state index >= 15 is 0 Å². The second-order valence-corrected chi connectivity index (χ2v) is 4.06. The van der Waals surface area contributed by atoms with E-state index in [-0.39, 0.29) is 3.57 Å². The number of hydrogen-bond donors (Lipinski definition) is 0. The van der Waals surface area contributed by atoms with Crippen LogP contribution >= 0.6 is 34.2 Å². The summed E-state index contributed by atoms with van der Waals surface area (Å²) in [6.07, 6.45) is -3.04. The molecule has 0 bridgehead atoms. The molecule has 0 aliphatic rings. The molecule has 0 aromatic carbocycles. The number of nitrogens with zero attached hydrogens (tertiary/aromatic N) is 2. The molecule has 86 valence electrons. The minimum atomic E-state index is -3.04. The summed E-state index contributed by atoms with van der Waals surface area (Å²) in [6.45, 7) is 0. The van der Waals surface area contributed by atoms with E-state index in [4.69, 9.17) is 11.6 Å². The normalized spacial score (nSPS) is 10.6. The Balaban J connectivity index is 3.52. The van der Waals surface area contributed by atoms with Gasteiger partial charge in [-0.3, -0.25) is 4.79 Å². The van der Waals surface area contributed by atoms with Crippen molar-refractivity contribution in [2.45, 2.75) is 6.43 Å². The van der Waals surface area contributed by atoms with Gasteiger partial charge in [0, 0.05) is 9.64 Å². The number of pyridine rings is 1. The molecule has 0 unspecified atom stereocenters. The lowest BCUT2D eigenvalue weighted by atomic mass is 10.2. The number of alkyl halides is 2. The lowest BCUT2D eigenvalue weighted by molar-refractivity contribution is -0.391. The maximum atomic E-state index is 12.5. The van der Waals surface area contributed by atoms with Crippen LogP contribution in [-0.4, -0.2) is 15.1 Å². The van der Waals surface area contributed by atoms with Crippen LogP contribution in [0.4, 0.5) is 14.6 Å². The molecule has 1 aromatic rings. The van der Waals surface area contributed by atoms with Gasteiger partial charge < -0.3 is 10.1 Å². The first-order chi connectivity index (χ1) is 7.34. The van der Waals surface area contributed by atoms with Gasteiger partial charge in [-0.2, -0.15) is 0 Å². The predicted molar refractivity (Wildman–Crippen MR) is 58.7 cm³/mol. The number of carbonyl (C=O) groups excluding carboxylic acids is 1. The molecule has 0 aliphatic carbocycles. The van der Waals surface area contributed by atoms with Crippen LogP contribution in [0.3, 0.4) is 0 Å². The van der Waals surface area contributed by atoms with Gasteiger partial charge in [0.15, 0.2) is 0 Å². The Morgan fingerprint density at radius 1 is 1.62 bits per heavy atom. The van der Waals surface area contributed by atoms with E-state index < -0.39 is 33.7 Å². The van der Waals surface area contributed by atoms with Crippen molar-refractivity contribution in [3.05, 3.63) is 31.0 Å². The average molecular weight is 362 g/mol. The van der Waals surface area contributed by atoms with Gasteiger partial charge in [0.25, 0.3) is 11.7 Å². The van der Waals surface area contributed by atoms with Crippen LogP contribution in [0.1, 0.15) is 22.5 Å². The molecule has 0 radical (unpaired) electrons. The van der Waals surface area contributed by atoms with E-state index in [1.54, 1.807) is 0 Å². The van der Waals surface area contributed by atoms with Crippen molar-refractivity contribution >= 4 is 45.3 Å². The lowest BCUT2D eigenvalue weighted by Gasteiger charge is -2.04. The first kappa shape index (κ1) is 13.2. The summed E-state index contributed by atoms with van der Waals surface area (Å²) in [5, 5.41) is 9.47. The molecule has 0 spiro atoms. The summed E-state index contributed by atoms with van der Waals surface area (Å²) in [7, 11) is 0. The summed E-state index contributed by atoms with van der Waals surface area (Å²) in [4.78, 5) is 23.4. The van der Waals surface area contributed by atoms with Crippen molar-refractivity contribution in [3.8, 4) is 0 Å². The maximum absolute atomic E-state index is 12.5. The molecule has 0 fully saturated rings. The Morgan fingerprint density at radius 3 is 2.56 bits per heavy atom. The van der Waals surface area contributed by atoms with E-state index in [2.05, 4.69) is 4.98 Å². The highest BCUT2D eigenvalue weighted by Gasteiger charge is 2.29.